The minimum absolute atomic E-state index is 0.00472. The molecule has 7 nitrogen and oxygen atoms in total. The summed E-state index contributed by atoms with van der Waals surface area (Å²) in [7, 11) is 1.47. The Morgan fingerprint density at radius 2 is 1.90 bits per heavy atom. The van der Waals surface area contributed by atoms with Crippen LogP contribution >= 0.6 is 0 Å². The second kappa shape index (κ2) is 8.40. The molecule has 4 aromatic rings. The number of phenolic OH excluding ortho intramolecular Hbond substituents is 1. The first-order valence-corrected chi connectivity index (χ1v) is 9.16. The number of aromatic hydroxyl groups is 1. The molecule has 7 heteroatoms. The highest BCUT2D eigenvalue weighted by atomic mass is 16.5. The maximum Gasteiger partial charge on any atom is 0.272 e. The lowest BCUT2D eigenvalue weighted by molar-refractivity contribution is 0.0956. The van der Waals surface area contributed by atoms with Crippen LogP contribution in [0.1, 0.15) is 15.9 Å². The van der Waals surface area contributed by atoms with Crippen LogP contribution < -0.4 is 10.2 Å². The number of nitrogens with zero attached hydrogens (tertiary/aromatic N) is 3. The number of hydrogen-bond donors (Lipinski definition) is 2. The highest BCUT2D eigenvalue weighted by Crippen LogP contribution is 2.26. The fraction of sp³-hybridized carbons (Fsp3) is 0.0435. The van der Waals surface area contributed by atoms with Gasteiger partial charge in [0.05, 0.1) is 30.1 Å². The van der Waals surface area contributed by atoms with E-state index in [1.165, 1.54) is 19.4 Å². The molecule has 2 aromatic carbocycles. The van der Waals surface area contributed by atoms with Crippen molar-refractivity contribution in [1.29, 1.82) is 0 Å². The summed E-state index contributed by atoms with van der Waals surface area (Å²) in [6.45, 7) is 0. The van der Waals surface area contributed by atoms with Crippen LogP contribution in [0.25, 0.3) is 22.2 Å². The fourth-order valence-electron chi connectivity index (χ4n) is 3.05. The average Bonchev–Trinajstić information content (AvgIpc) is 2.79. The first kappa shape index (κ1) is 19.1. The summed E-state index contributed by atoms with van der Waals surface area (Å²) >= 11 is 0. The zero-order valence-corrected chi connectivity index (χ0v) is 16.1. The molecule has 0 spiro atoms. The van der Waals surface area contributed by atoms with E-state index >= 15 is 0 Å². The van der Waals surface area contributed by atoms with E-state index in [4.69, 9.17) is 4.74 Å². The molecular weight excluding hydrogens is 380 g/mol. The van der Waals surface area contributed by atoms with Crippen LogP contribution in [-0.2, 0) is 0 Å². The van der Waals surface area contributed by atoms with E-state index in [1.807, 2.05) is 36.4 Å². The Balaban J connectivity index is 1.63. The number of methoxy groups -OCH3 is 1. The molecule has 0 aliphatic rings. The Morgan fingerprint density at radius 1 is 1.10 bits per heavy atom. The molecule has 1 amide bonds. The SMILES string of the molecule is COc1ccc(/C=N/NC(=O)c2cc(-c3ccncc3)nc3ccccc23)cc1O. The topological polar surface area (TPSA) is 96.7 Å². The average molecular weight is 398 g/mol. The number of pyridine rings is 2. The van der Waals surface area contributed by atoms with Gasteiger partial charge in [0.1, 0.15) is 0 Å². The van der Waals surface area contributed by atoms with Crippen molar-refractivity contribution in [3.05, 3.63) is 84.2 Å². The molecular formula is C23H18N4O3. The predicted molar refractivity (Wildman–Crippen MR) is 115 cm³/mol. The molecule has 2 N–H and O–H groups in total. The fourth-order valence-corrected chi connectivity index (χ4v) is 3.05. The summed E-state index contributed by atoms with van der Waals surface area (Å²) in [5.74, 6) is -0.00382. The van der Waals surface area contributed by atoms with Gasteiger partial charge in [0, 0.05) is 23.3 Å². The molecule has 2 heterocycles. The summed E-state index contributed by atoms with van der Waals surface area (Å²) in [5.41, 5.74) is 5.86. The largest absolute Gasteiger partial charge is 0.504 e. The van der Waals surface area contributed by atoms with Gasteiger partial charge in [0.15, 0.2) is 11.5 Å². The van der Waals surface area contributed by atoms with Gasteiger partial charge in [-0.1, -0.05) is 18.2 Å². The van der Waals surface area contributed by atoms with Crippen LogP contribution in [0.4, 0.5) is 0 Å². The second-order valence-electron chi connectivity index (χ2n) is 6.44. The normalized spacial score (nSPS) is 11.0. The van der Waals surface area contributed by atoms with Gasteiger partial charge in [-0.3, -0.25) is 9.78 Å². The third-order valence-electron chi connectivity index (χ3n) is 4.52. The van der Waals surface area contributed by atoms with Gasteiger partial charge in [-0.15, -0.1) is 0 Å². The van der Waals surface area contributed by atoms with Gasteiger partial charge < -0.3 is 9.84 Å². The van der Waals surface area contributed by atoms with Crippen molar-refractivity contribution in [2.24, 2.45) is 5.10 Å². The smallest absolute Gasteiger partial charge is 0.272 e. The van der Waals surface area contributed by atoms with Gasteiger partial charge >= 0.3 is 0 Å². The molecule has 0 unspecified atom stereocenters. The number of carbonyl (C=O) groups is 1. The molecule has 0 saturated carbocycles. The molecule has 148 valence electrons. The number of benzene rings is 2. The van der Waals surface area contributed by atoms with Crippen LogP contribution in [0.2, 0.25) is 0 Å². The molecule has 0 atom stereocenters. The van der Waals surface area contributed by atoms with E-state index in [-0.39, 0.29) is 11.7 Å². The lowest BCUT2D eigenvalue weighted by Crippen LogP contribution is -2.18. The van der Waals surface area contributed by atoms with E-state index in [0.717, 1.165) is 10.9 Å². The summed E-state index contributed by atoms with van der Waals surface area (Å²) in [4.78, 5) is 21.5. The molecule has 0 saturated heterocycles. The van der Waals surface area contributed by atoms with Crippen molar-refractivity contribution in [2.45, 2.75) is 0 Å². The standard InChI is InChI=1S/C23H18N4O3/c1-30-22-7-6-15(12-21(22)28)14-25-27-23(29)18-13-20(16-8-10-24-11-9-16)26-19-5-3-2-4-17(18)19/h2-14,28H,1H3,(H,27,29)/b25-14+. The van der Waals surface area contributed by atoms with Crippen LogP contribution in [-0.4, -0.2) is 34.3 Å². The zero-order chi connectivity index (χ0) is 20.9. The van der Waals surface area contributed by atoms with Crippen LogP contribution in [0.5, 0.6) is 11.5 Å². The molecule has 0 aliphatic carbocycles. The number of ether oxygens (including phenoxy) is 1. The number of para-hydroxylation sites is 1. The molecule has 2 aromatic heterocycles. The van der Waals surface area contributed by atoms with E-state index < -0.39 is 0 Å². The number of hydrazone groups is 1. The Morgan fingerprint density at radius 3 is 2.67 bits per heavy atom. The number of phenols is 1. The lowest BCUT2D eigenvalue weighted by Gasteiger charge is -2.09. The van der Waals surface area contributed by atoms with Gasteiger partial charge in [-0.25, -0.2) is 10.4 Å². The number of amides is 1. The monoisotopic (exact) mass is 398 g/mol. The quantitative estimate of drug-likeness (QED) is 0.394. The van der Waals surface area contributed by atoms with Crippen molar-refractivity contribution in [2.75, 3.05) is 7.11 Å². The zero-order valence-electron chi connectivity index (χ0n) is 16.1. The van der Waals surface area contributed by atoms with E-state index in [0.29, 0.717) is 28.1 Å². The van der Waals surface area contributed by atoms with Crippen molar-refractivity contribution in [3.8, 4) is 22.8 Å². The van der Waals surface area contributed by atoms with Crippen LogP contribution in [0.15, 0.2) is 78.2 Å². The van der Waals surface area contributed by atoms with Crippen molar-refractivity contribution < 1.29 is 14.6 Å². The molecule has 0 fully saturated rings. The number of fused-ring (bicyclic) bond motifs is 1. The van der Waals surface area contributed by atoms with Crippen LogP contribution in [0, 0.1) is 0 Å². The minimum atomic E-state index is -0.363. The number of rotatable bonds is 5. The summed E-state index contributed by atoms with van der Waals surface area (Å²) < 4.78 is 5.01. The van der Waals surface area contributed by atoms with Gasteiger partial charge in [-0.2, -0.15) is 5.10 Å². The number of nitrogens with one attached hydrogen (secondary N) is 1. The highest BCUT2D eigenvalue weighted by molar-refractivity contribution is 6.07. The maximum absolute atomic E-state index is 12.9. The van der Waals surface area contributed by atoms with Crippen LogP contribution in [0.3, 0.4) is 0 Å². The minimum Gasteiger partial charge on any atom is -0.504 e. The van der Waals surface area contributed by atoms with Crippen molar-refractivity contribution in [3.63, 3.8) is 0 Å². The Hall–Kier alpha value is -4.26. The first-order chi connectivity index (χ1) is 14.7. The number of carbonyl (C=O) groups excluding carboxylic acids is 1. The van der Waals surface area contributed by atoms with E-state index in [2.05, 4.69) is 20.5 Å². The van der Waals surface area contributed by atoms with E-state index in [9.17, 15) is 9.90 Å². The van der Waals surface area contributed by atoms with E-state index in [1.54, 1.807) is 30.6 Å². The summed E-state index contributed by atoms with van der Waals surface area (Å²) in [5, 5.41) is 14.6. The molecule has 30 heavy (non-hydrogen) atoms. The number of hydrogen-bond acceptors (Lipinski definition) is 6. The Bertz CT molecular complexity index is 1240. The first-order valence-electron chi connectivity index (χ1n) is 9.16. The van der Waals surface area contributed by atoms with Gasteiger partial charge in [0.25, 0.3) is 5.91 Å². The number of aromatic nitrogens is 2. The molecule has 0 radical (unpaired) electrons. The Kier molecular flexibility index (Phi) is 5.34. The molecule has 0 bridgehead atoms. The third kappa shape index (κ3) is 3.95. The van der Waals surface area contributed by atoms with Gasteiger partial charge in [0.2, 0.25) is 0 Å². The Labute approximate surface area is 172 Å². The predicted octanol–water partition coefficient (Wildman–Crippen LogP) is 3.77. The lowest BCUT2D eigenvalue weighted by atomic mass is 10.0. The van der Waals surface area contributed by atoms with Crippen molar-refractivity contribution >= 4 is 23.0 Å². The maximum atomic E-state index is 12.9. The summed E-state index contributed by atoms with van der Waals surface area (Å²) in [6.07, 6.45) is 4.81. The highest BCUT2D eigenvalue weighted by Gasteiger charge is 2.13. The van der Waals surface area contributed by atoms with Gasteiger partial charge in [-0.05, 0) is 48.0 Å². The molecule has 0 aliphatic heterocycles. The summed E-state index contributed by atoms with van der Waals surface area (Å²) in [6, 6.07) is 17.7. The third-order valence-corrected chi connectivity index (χ3v) is 4.52. The molecule has 4 rings (SSSR count). The second-order valence-corrected chi connectivity index (χ2v) is 6.44. The van der Waals surface area contributed by atoms with Crippen molar-refractivity contribution in [1.82, 2.24) is 15.4 Å².